The number of thioether (sulfide) groups is 1. The first-order valence-electron chi connectivity index (χ1n) is 5.43. The maximum Gasteiger partial charge on any atom is 0.253 e. The molecule has 5 heteroatoms. The van der Waals surface area contributed by atoms with Crippen LogP contribution in [-0.2, 0) is 0 Å². The molecule has 0 fully saturated rings. The molecule has 0 heterocycles. The van der Waals surface area contributed by atoms with Gasteiger partial charge in [-0.2, -0.15) is 11.8 Å². The topological polar surface area (TPSA) is 41.1 Å². The van der Waals surface area contributed by atoms with Crippen LogP contribution in [-0.4, -0.2) is 31.5 Å². The van der Waals surface area contributed by atoms with Crippen molar-refractivity contribution in [1.29, 1.82) is 0 Å². The Morgan fingerprint density at radius 3 is 2.88 bits per heavy atom. The summed E-state index contributed by atoms with van der Waals surface area (Å²) >= 11 is 7.66. The van der Waals surface area contributed by atoms with Crippen molar-refractivity contribution in [3.63, 3.8) is 0 Å². The Morgan fingerprint density at radius 2 is 2.24 bits per heavy atom. The molecule has 0 unspecified atom stereocenters. The molecule has 0 aliphatic carbocycles. The van der Waals surface area contributed by atoms with Crippen molar-refractivity contribution in [3.8, 4) is 0 Å². The minimum atomic E-state index is -0.0852. The van der Waals surface area contributed by atoms with Gasteiger partial charge in [0, 0.05) is 24.3 Å². The van der Waals surface area contributed by atoms with Crippen LogP contribution in [0.1, 0.15) is 16.8 Å². The number of hydrogen-bond acceptors (Lipinski definition) is 3. The summed E-state index contributed by atoms with van der Waals surface area (Å²) in [5.41, 5.74) is 1.38. The van der Waals surface area contributed by atoms with E-state index < -0.39 is 0 Å². The van der Waals surface area contributed by atoms with Gasteiger partial charge in [0.25, 0.3) is 5.91 Å². The van der Waals surface area contributed by atoms with Crippen LogP contribution in [0.3, 0.4) is 0 Å². The molecule has 0 bridgehead atoms. The van der Waals surface area contributed by atoms with E-state index in [2.05, 4.69) is 16.9 Å². The van der Waals surface area contributed by atoms with E-state index in [-0.39, 0.29) is 5.91 Å². The summed E-state index contributed by atoms with van der Waals surface area (Å²) in [7, 11) is 1.79. The maximum atomic E-state index is 11.9. The van der Waals surface area contributed by atoms with Crippen molar-refractivity contribution in [2.45, 2.75) is 6.42 Å². The van der Waals surface area contributed by atoms with Gasteiger partial charge in [-0.25, -0.2) is 0 Å². The molecule has 0 saturated carbocycles. The average Bonchev–Trinajstić information content (AvgIpc) is 2.34. The third kappa shape index (κ3) is 4.48. The fraction of sp³-hybridized carbons (Fsp3) is 0.417. The molecule has 0 spiro atoms. The fourth-order valence-electron chi connectivity index (χ4n) is 1.44. The van der Waals surface area contributed by atoms with Gasteiger partial charge in [-0.05, 0) is 36.6 Å². The van der Waals surface area contributed by atoms with Crippen molar-refractivity contribution < 1.29 is 4.79 Å². The van der Waals surface area contributed by atoms with Crippen LogP contribution >= 0.6 is 23.4 Å². The van der Waals surface area contributed by atoms with Crippen molar-refractivity contribution in [1.82, 2.24) is 5.32 Å². The van der Waals surface area contributed by atoms with Gasteiger partial charge in [-0.3, -0.25) is 4.79 Å². The third-order valence-corrected chi connectivity index (χ3v) is 3.24. The number of carbonyl (C=O) groups excluding carboxylic acids is 1. The summed E-state index contributed by atoms with van der Waals surface area (Å²) in [5.74, 6) is 0.965. The van der Waals surface area contributed by atoms with E-state index in [1.54, 1.807) is 37.0 Å². The Labute approximate surface area is 111 Å². The summed E-state index contributed by atoms with van der Waals surface area (Å²) < 4.78 is 0. The lowest BCUT2D eigenvalue weighted by Gasteiger charge is -2.10. The lowest BCUT2D eigenvalue weighted by atomic mass is 10.1. The Hall–Kier alpha value is -0.870. The van der Waals surface area contributed by atoms with Gasteiger partial charge in [0.2, 0.25) is 0 Å². The second-order valence-electron chi connectivity index (χ2n) is 3.54. The van der Waals surface area contributed by atoms with E-state index in [1.165, 1.54) is 0 Å². The van der Waals surface area contributed by atoms with Gasteiger partial charge in [0.15, 0.2) is 0 Å². The van der Waals surface area contributed by atoms with Crippen LogP contribution in [0.4, 0.5) is 5.69 Å². The van der Waals surface area contributed by atoms with Crippen molar-refractivity contribution in [3.05, 3.63) is 28.8 Å². The molecule has 2 N–H and O–H groups in total. The lowest BCUT2D eigenvalue weighted by molar-refractivity contribution is 0.0954. The molecule has 1 amide bonds. The van der Waals surface area contributed by atoms with Crippen LogP contribution in [0.5, 0.6) is 0 Å². The first-order valence-corrected chi connectivity index (χ1v) is 7.20. The highest BCUT2D eigenvalue weighted by atomic mass is 35.5. The van der Waals surface area contributed by atoms with Crippen LogP contribution in [0.25, 0.3) is 0 Å². The molecule has 3 nitrogen and oxygen atoms in total. The van der Waals surface area contributed by atoms with E-state index in [0.717, 1.165) is 17.9 Å². The van der Waals surface area contributed by atoms with Gasteiger partial charge in [0.1, 0.15) is 0 Å². The van der Waals surface area contributed by atoms with Gasteiger partial charge in [-0.1, -0.05) is 11.6 Å². The molecule has 0 aliphatic rings. The van der Waals surface area contributed by atoms with E-state index in [9.17, 15) is 4.79 Å². The fourth-order valence-corrected chi connectivity index (χ4v) is 2.04. The van der Waals surface area contributed by atoms with Gasteiger partial charge < -0.3 is 10.6 Å². The Bertz CT molecular complexity index is 385. The quantitative estimate of drug-likeness (QED) is 0.783. The van der Waals surface area contributed by atoms with Gasteiger partial charge >= 0.3 is 0 Å². The number of carbonyl (C=O) groups is 1. The van der Waals surface area contributed by atoms with Crippen LogP contribution in [0.15, 0.2) is 18.2 Å². The number of rotatable bonds is 6. The minimum absolute atomic E-state index is 0.0852. The number of hydrogen-bond donors (Lipinski definition) is 2. The Kier molecular flexibility index (Phi) is 6.22. The average molecular weight is 273 g/mol. The smallest absolute Gasteiger partial charge is 0.253 e. The molecular weight excluding hydrogens is 256 g/mol. The Balaban J connectivity index is 2.64. The molecule has 0 radical (unpaired) electrons. The maximum absolute atomic E-state index is 11.9. The highest BCUT2D eigenvalue weighted by molar-refractivity contribution is 7.98. The largest absolute Gasteiger partial charge is 0.387 e. The molecule has 1 rings (SSSR count). The van der Waals surface area contributed by atoms with Gasteiger partial charge in [-0.15, -0.1) is 0 Å². The second kappa shape index (κ2) is 7.45. The molecule has 94 valence electrons. The number of nitrogens with one attached hydrogen (secondary N) is 2. The zero-order valence-electron chi connectivity index (χ0n) is 10.0. The number of benzene rings is 1. The SMILES string of the molecule is CNc1ccc(Cl)cc1C(=O)NCCCSC. The predicted molar refractivity (Wildman–Crippen MR) is 76.3 cm³/mol. The molecule has 1 aromatic carbocycles. The summed E-state index contributed by atoms with van der Waals surface area (Å²) in [4.78, 5) is 11.9. The van der Waals surface area contributed by atoms with E-state index in [1.807, 2.05) is 0 Å². The highest BCUT2D eigenvalue weighted by Gasteiger charge is 2.10. The van der Waals surface area contributed by atoms with Crippen molar-refractivity contribution >= 4 is 35.0 Å². The number of anilines is 1. The molecular formula is C12H17ClN2OS. The normalized spacial score (nSPS) is 10.1. The standard InChI is InChI=1S/C12H17ClN2OS/c1-14-11-5-4-9(13)8-10(11)12(16)15-6-3-7-17-2/h4-5,8,14H,3,6-7H2,1-2H3,(H,15,16). The monoisotopic (exact) mass is 272 g/mol. The van der Waals surface area contributed by atoms with Crippen LogP contribution in [0, 0.1) is 0 Å². The molecule has 0 atom stereocenters. The molecule has 17 heavy (non-hydrogen) atoms. The minimum Gasteiger partial charge on any atom is -0.387 e. The summed E-state index contributed by atoms with van der Waals surface area (Å²) in [6, 6.07) is 5.24. The highest BCUT2D eigenvalue weighted by Crippen LogP contribution is 2.20. The van der Waals surface area contributed by atoms with Crippen molar-refractivity contribution in [2.24, 2.45) is 0 Å². The second-order valence-corrected chi connectivity index (χ2v) is 4.96. The predicted octanol–water partition coefficient (Wildman–Crippen LogP) is 2.86. The zero-order valence-corrected chi connectivity index (χ0v) is 11.6. The molecule has 0 aromatic heterocycles. The third-order valence-electron chi connectivity index (χ3n) is 2.31. The number of amides is 1. The van der Waals surface area contributed by atoms with Crippen LogP contribution < -0.4 is 10.6 Å². The van der Waals surface area contributed by atoms with E-state index >= 15 is 0 Å². The first-order chi connectivity index (χ1) is 8.19. The number of halogens is 1. The molecule has 1 aromatic rings. The van der Waals surface area contributed by atoms with E-state index in [0.29, 0.717) is 17.1 Å². The lowest BCUT2D eigenvalue weighted by Crippen LogP contribution is -2.25. The summed E-state index contributed by atoms with van der Waals surface area (Å²) in [5, 5.41) is 6.43. The Morgan fingerprint density at radius 1 is 1.47 bits per heavy atom. The van der Waals surface area contributed by atoms with E-state index in [4.69, 9.17) is 11.6 Å². The van der Waals surface area contributed by atoms with Gasteiger partial charge in [0.05, 0.1) is 5.56 Å². The summed E-state index contributed by atoms with van der Waals surface area (Å²) in [6.07, 6.45) is 3.03. The zero-order chi connectivity index (χ0) is 12.7. The summed E-state index contributed by atoms with van der Waals surface area (Å²) in [6.45, 7) is 0.690. The molecule has 0 saturated heterocycles. The first kappa shape index (κ1) is 14.2. The van der Waals surface area contributed by atoms with Crippen LogP contribution in [0.2, 0.25) is 5.02 Å². The molecule has 0 aliphatic heterocycles. The van der Waals surface area contributed by atoms with Crippen molar-refractivity contribution in [2.75, 3.05) is 30.9 Å².